The van der Waals surface area contributed by atoms with Crippen LogP contribution in [0.5, 0.6) is 0 Å². The largest absolute Gasteiger partial charge is 0.617 e. The van der Waals surface area contributed by atoms with E-state index in [1.807, 2.05) is 30.3 Å². The van der Waals surface area contributed by atoms with Crippen molar-refractivity contribution in [2.24, 2.45) is 0 Å². The predicted molar refractivity (Wildman–Crippen MR) is 88.3 cm³/mol. The highest BCUT2D eigenvalue weighted by molar-refractivity contribution is 7.20. The lowest BCUT2D eigenvalue weighted by Crippen LogP contribution is -2.37. The minimum absolute atomic E-state index is 0.108. The van der Waals surface area contributed by atoms with Gasteiger partial charge in [-0.2, -0.15) is 0 Å². The molecule has 0 bridgehead atoms. The molecule has 0 aliphatic heterocycles. The number of carbonyl (C=O) groups excluding carboxylic acids is 1. The first kappa shape index (κ1) is 14.8. The van der Waals surface area contributed by atoms with Crippen LogP contribution < -0.4 is 10.0 Å². The van der Waals surface area contributed by atoms with Gasteiger partial charge in [-0.25, -0.2) is 0 Å². The molecule has 1 amide bonds. The maximum atomic E-state index is 12.2. The normalized spacial score (nSPS) is 10.8. The van der Waals surface area contributed by atoms with Crippen LogP contribution in [0, 0.1) is 5.21 Å². The molecular formula is C16H13ClN2O2S. The lowest BCUT2D eigenvalue weighted by molar-refractivity contribution is -0.574. The molecule has 0 fully saturated rings. The number of nitrogens with zero attached hydrogens (tertiary/aromatic N) is 1. The van der Waals surface area contributed by atoms with Crippen LogP contribution in [0.4, 0.5) is 0 Å². The van der Waals surface area contributed by atoms with Gasteiger partial charge >= 0.3 is 10.9 Å². The molecule has 3 aromatic rings. The lowest BCUT2D eigenvalue weighted by Gasteiger charge is -2.03. The molecule has 6 heteroatoms. The van der Waals surface area contributed by atoms with Crippen LogP contribution >= 0.6 is 22.9 Å². The summed E-state index contributed by atoms with van der Waals surface area (Å²) in [6.07, 6.45) is 0.719. The highest BCUT2D eigenvalue weighted by Crippen LogP contribution is 2.27. The monoisotopic (exact) mass is 332 g/mol. The highest BCUT2D eigenvalue weighted by Gasteiger charge is 2.23. The third-order valence-electron chi connectivity index (χ3n) is 3.28. The minimum Gasteiger partial charge on any atom is -0.617 e. The molecule has 0 aliphatic rings. The van der Waals surface area contributed by atoms with Gasteiger partial charge in [0.25, 0.3) is 0 Å². The molecule has 112 valence electrons. The standard InChI is InChI=1S/C16H13ClN2O2S/c17-12-7-4-8-13-14(12)22-16(19(13)21)15(20)18-10-9-11-5-2-1-3-6-11/h1-8H,9-10H2,(H,18,20). The van der Waals surface area contributed by atoms with E-state index in [0.29, 0.717) is 26.5 Å². The fraction of sp³-hybridized carbons (Fsp3) is 0.125. The number of nitrogens with one attached hydrogen (secondary N) is 1. The van der Waals surface area contributed by atoms with E-state index < -0.39 is 0 Å². The van der Waals surface area contributed by atoms with Crippen LogP contribution in [0.15, 0.2) is 48.5 Å². The molecule has 0 radical (unpaired) electrons. The van der Waals surface area contributed by atoms with Crippen molar-refractivity contribution in [1.82, 2.24) is 5.32 Å². The van der Waals surface area contributed by atoms with Crippen molar-refractivity contribution < 1.29 is 9.52 Å². The van der Waals surface area contributed by atoms with Gasteiger partial charge in [0.05, 0.1) is 5.02 Å². The summed E-state index contributed by atoms with van der Waals surface area (Å²) in [5.74, 6) is -0.372. The average Bonchev–Trinajstić information content (AvgIpc) is 2.87. The molecule has 0 spiro atoms. The molecule has 1 heterocycles. The van der Waals surface area contributed by atoms with E-state index in [1.54, 1.807) is 18.2 Å². The topological polar surface area (TPSA) is 56.0 Å². The van der Waals surface area contributed by atoms with Crippen molar-refractivity contribution in [3.8, 4) is 0 Å². The molecule has 4 nitrogen and oxygen atoms in total. The minimum atomic E-state index is -0.372. The van der Waals surface area contributed by atoms with E-state index in [2.05, 4.69) is 5.32 Å². The average molecular weight is 333 g/mol. The van der Waals surface area contributed by atoms with E-state index in [4.69, 9.17) is 11.6 Å². The molecule has 1 N–H and O–H groups in total. The Morgan fingerprint density at radius 3 is 2.68 bits per heavy atom. The summed E-state index contributed by atoms with van der Waals surface area (Å²) >= 11 is 7.17. The Bertz CT molecular complexity index is 818. The number of aromatic nitrogens is 1. The van der Waals surface area contributed by atoms with Gasteiger partial charge in [0.2, 0.25) is 5.52 Å². The molecule has 0 unspecified atom stereocenters. The van der Waals surface area contributed by atoms with Gasteiger partial charge in [-0.15, -0.1) is 4.73 Å². The van der Waals surface area contributed by atoms with E-state index in [0.717, 1.165) is 23.3 Å². The Morgan fingerprint density at radius 2 is 1.95 bits per heavy atom. The second-order valence-electron chi connectivity index (χ2n) is 4.78. The Hall–Kier alpha value is -2.11. The number of carbonyl (C=O) groups is 1. The van der Waals surface area contributed by atoms with Crippen molar-refractivity contribution in [3.05, 3.63) is 69.3 Å². The number of fused-ring (bicyclic) bond motifs is 1. The third kappa shape index (κ3) is 2.91. The number of amides is 1. The van der Waals surface area contributed by atoms with Crippen molar-refractivity contribution in [2.45, 2.75) is 6.42 Å². The van der Waals surface area contributed by atoms with Gasteiger partial charge in [0.15, 0.2) is 0 Å². The number of hydrogen-bond donors (Lipinski definition) is 1. The van der Waals surface area contributed by atoms with Gasteiger partial charge in [-0.3, -0.25) is 4.79 Å². The number of benzene rings is 2. The number of rotatable bonds is 4. The second kappa shape index (κ2) is 6.34. The number of hydrogen-bond acceptors (Lipinski definition) is 3. The van der Waals surface area contributed by atoms with Crippen molar-refractivity contribution >= 4 is 39.1 Å². The zero-order chi connectivity index (χ0) is 15.5. The molecule has 2 aromatic carbocycles. The summed E-state index contributed by atoms with van der Waals surface area (Å²) in [6, 6.07) is 14.9. The Morgan fingerprint density at radius 1 is 1.18 bits per heavy atom. The van der Waals surface area contributed by atoms with Gasteiger partial charge in [-0.1, -0.05) is 59.3 Å². The summed E-state index contributed by atoms with van der Waals surface area (Å²) in [5, 5.41) is 15.5. The Labute approximate surface area is 136 Å². The summed E-state index contributed by atoms with van der Waals surface area (Å²) in [4.78, 5) is 12.2. The molecule has 3 rings (SSSR count). The zero-order valence-electron chi connectivity index (χ0n) is 11.6. The van der Waals surface area contributed by atoms with E-state index in [9.17, 15) is 10.0 Å². The molecule has 22 heavy (non-hydrogen) atoms. The second-order valence-corrected chi connectivity index (χ2v) is 6.19. The maximum absolute atomic E-state index is 12.2. The molecule has 0 saturated carbocycles. The van der Waals surface area contributed by atoms with E-state index in [-0.39, 0.29) is 10.9 Å². The van der Waals surface area contributed by atoms with E-state index in [1.165, 1.54) is 0 Å². The van der Waals surface area contributed by atoms with Gasteiger partial charge < -0.3 is 10.5 Å². The first-order valence-corrected chi connectivity index (χ1v) is 7.99. The SMILES string of the molecule is O=C(NCCc1ccccc1)c1sc2c(Cl)cccc2[n+]1[O-]. The highest BCUT2D eigenvalue weighted by atomic mass is 35.5. The Kier molecular flexibility index (Phi) is 4.27. The van der Waals surface area contributed by atoms with Crippen molar-refractivity contribution in [1.29, 1.82) is 0 Å². The van der Waals surface area contributed by atoms with Crippen LogP contribution in [-0.4, -0.2) is 12.5 Å². The molecule has 0 aliphatic carbocycles. The lowest BCUT2D eigenvalue weighted by atomic mass is 10.1. The first-order valence-electron chi connectivity index (χ1n) is 6.79. The fourth-order valence-corrected chi connectivity index (χ4v) is 3.43. The number of thiazole rings is 1. The smallest absolute Gasteiger partial charge is 0.339 e. The fourth-order valence-electron chi connectivity index (χ4n) is 2.19. The van der Waals surface area contributed by atoms with Gasteiger partial charge in [-0.05, 0) is 18.1 Å². The quantitative estimate of drug-likeness (QED) is 0.589. The summed E-state index contributed by atoms with van der Waals surface area (Å²) in [6.45, 7) is 0.477. The third-order valence-corrected chi connectivity index (χ3v) is 4.89. The summed E-state index contributed by atoms with van der Waals surface area (Å²) in [5.41, 5.74) is 1.56. The van der Waals surface area contributed by atoms with Crippen LogP contribution in [0.1, 0.15) is 15.4 Å². The van der Waals surface area contributed by atoms with Gasteiger partial charge in [0, 0.05) is 12.6 Å². The van der Waals surface area contributed by atoms with Gasteiger partial charge in [0.1, 0.15) is 4.70 Å². The van der Waals surface area contributed by atoms with Crippen LogP contribution in [0.2, 0.25) is 5.02 Å². The zero-order valence-corrected chi connectivity index (χ0v) is 13.2. The summed E-state index contributed by atoms with van der Waals surface area (Å²) in [7, 11) is 0. The predicted octanol–water partition coefficient (Wildman–Crippen LogP) is 3.16. The van der Waals surface area contributed by atoms with E-state index >= 15 is 0 Å². The molecule has 1 aromatic heterocycles. The maximum Gasteiger partial charge on any atom is 0.339 e. The summed E-state index contributed by atoms with van der Waals surface area (Å²) < 4.78 is 1.27. The van der Waals surface area contributed by atoms with Crippen LogP contribution in [-0.2, 0) is 6.42 Å². The van der Waals surface area contributed by atoms with Crippen LogP contribution in [0.25, 0.3) is 10.2 Å². The first-order chi connectivity index (χ1) is 10.7. The molecule has 0 atom stereocenters. The molecule has 0 saturated heterocycles. The Balaban J connectivity index is 1.73. The van der Waals surface area contributed by atoms with Crippen LogP contribution in [0.3, 0.4) is 0 Å². The molecular weight excluding hydrogens is 320 g/mol. The van der Waals surface area contributed by atoms with Crippen molar-refractivity contribution in [2.75, 3.05) is 6.54 Å². The van der Waals surface area contributed by atoms with Crippen molar-refractivity contribution in [3.63, 3.8) is 0 Å². The number of halogens is 1.